The molecule has 2 rings (SSSR count). The second kappa shape index (κ2) is 11.2. The summed E-state index contributed by atoms with van der Waals surface area (Å²) in [5.41, 5.74) is 0.427. The van der Waals surface area contributed by atoms with Gasteiger partial charge in [-0.15, -0.1) is 0 Å². The van der Waals surface area contributed by atoms with Crippen LogP contribution in [-0.4, -0.2) is 66.8 Å². The number of alkyl halides is 7. The summed E-state index contributed by atoms with van der Waals surface area (Å²) < 4.78 is 119. The molecule has 35 heavy (non-hydrogen) atoms. The number of allylic oxidation sites excluding steroid dienone is 2. The van der Waals surface area contributed by atoms with E-state index < -0.39 is 57.4 Å². The monoisotopic (exact) mass is 533 g/mol. The van der Waals surface area contributed by atoms with Crippen LogP contribution in [-0.2, 0) is 16.3 Å². The van der Waals surface area contributed by atoms with Crippen molar-refractivity contribution < 1.29 is 49.0 Å². The van der Waals surface area contributed by atoms with Crippen LogP contribution in [0.3, 0.4) is 0 Å². The number of halogens is 7. The molecule has 0 amide bonds. The molecule has 0 aliphatic heterocycles. The van der Waals surface area contributed by atoms with Crippen molar-refractivity contribution in [3.63, 3.8) is 0 Å². The van der Waals surface area contributed by atoms with E-state index in [1.807, 2.05) is 0 Å². The van der Waals surface area contributed by atoms with Crippen LogP contribution in [0.5, 0.6) is 5.75 Å². The van der Waals surface area contributed by atoms with Gasteiger partial charge in [-0.3, -0.25) is 0 Å². The van der Waals surface area contributed by atoms with Gasteiger partial charge in [0.05, 0.1) is 17.0 Å². The Morgan fingerprint density at radius 2 is 1.83 bits per heavy atom. The van der Waals surface area contributed by atoms with Crippen LogP contribution >= 0.6 is 0 Å². The Labute approximate surface area is 198 Å². The molecule has 1 N–H and O–H groups in total. The molecule has 0 saturated carbocycles. The van der Waals surface area contributed by atoms with Crippen LogP contribution in [0.1, 0.15) is 25.8 Å². The van der Waals surface area contributed by atoms with Crippen LogP contribution in [0.2, 0.25) is 0 Å². The summed E-state index contributed by atoms with van der Waals surface area (Å²) in [4.78, 5) is 1.14. The van der Waals surface area contributed by atoms with Gasteiger partial charge in [0.25, 0.3) is 0 Å². The van der Waals surface area contributed by atoms with Gasteiger partial charge >= 0.3 is 18.7 Å². The second-order valence-electron chi connectivity index (χ2n) is 8.27. The van der Waals surface area contributed by atoms with Crippen LogP contribution < -0.4 is 4.74 Å². The lowest BCUT2D eigenvalue weighted by molar-refractivity contribution is -0.253. The fraction of sp³-hybridized carbons (Fsp3) is 0.545. The second-order valence-corrected chi connectivity index (χ2v) is 11.0. The maximum atomic E-state index is 13.2. The van der Waals surface area contributed by atoms with Crippen LogP contribution in [0.4, 0.5) is 30.7 Å². The van der Waals surface area contributed by atoms with Crippen LogP contribution in [0.25, 0.3) is 0 Å². The van der Waals surface area contributed by atoms with Crippen LogP contribution in [0.15, 0.2) is 48.2 Å². The van der Waals surface area contributed by atoms with Gasteiger partial charge in [-0.1, -0.05) is 18.2 Å². The van der Waals surface area contributed by atoms with Crippen molar-refractivity contribution in [1.29, 1.82) is 0 Å². The molecule has 0 fully saturated rings. The number of sulfone groups is 1. The van der Waals surface area contributed by atoms with Crippen molar-refractivity contribution in [3.8, 4) is 5.75 Å². The van der Waals surface area contributed by atoms with Crippen molar-refractivity contribution >= 4 is 9.84 Å². The highest BCUT2D eigenvalue weighted by atomic mass is 32.2. The predicted molar refractivity (Wildman–Crippen MR) is 115 cm³/mol. The number of benzene rings is 1. The zero-order valence-corrected chi connectivity index (χ0v) is 19.7. The smallest absolute Gasteiger partial charge is 0.428 e. The van der Waals surface area contributed by atoms with E-state index in [-0.39, 0.29) is 30.6 Å². The molecule has 198 valence electrons. The Bertz CT molecular complexity index is 1020. The summed E-state index contributed by atoms with van der Waals surface area (Å²) in [6.45, 7) is 1.89. The number of ether oxygens (including phenoxy) is 1. The molecular formula is C22H26F7NO4S. The maximum absolute atomic E-state index is 13.2. The van der Waals surface area contributed by atoms with Gasteiger partial charge in [-0.2, -0.15) is 30.7 Å². The SMILES string of the molecule is CC(C)S(=O)(=O)C1C=C(N(CCc2cccc(OC(F)(F)C(F)F)c2)CC(O)C(F)(F)F)C=CC1. The van der Waals surface area contributed by atoms with Crippen molar-refractivity contribution in [1.82, 2.24) is 4.90 Å². The number of aliphatic hydroxyl groups is 1. The van der Waals surface area contributed by atoms with Crippen LogP contribution in [0, 0.1) is 0 Å². The van der Waals surface area contributed by atoms with E-state index in [0.29, 0.717) is 0 Å². The third-order valence-electron chi connectivity index (χ3n) is 5.31. The summed E-state index contributed by atoms with van der Waals surface area (Å²) in [6, 6.07) is 4.76. The van der Waals surface area contributed by atoms with Crippen molar-refractivity contribution in [2.75, 3.05) is 13.1 Å². The summed E-state index contributed by atoms with van der Waals surface area (Å²) in [7, 11) is -3.61. The maximum Gasteiger partial charge on any atom is 0.461 e. The third-order valence-corrected chi connectivity index (χ3v) is 7.79. The molecular weight excluding hydrogens is 507 g/mol. The molecule has 1 aliphatic rings. The number of nitrogens with zero attached hydrogens (tertiary/aromatic N) is 1. The lowest BCUT2D eigenvalue weighted by Crippen LogP contribution is -2.42. The van der Waals surface area contributed by atoms with Gasteiger partial charge in [0.1, 0.15) is 5.75 Å². The lowest BCUT2D eigenvalue weighted by atomic mass is 10.1. The van der Waals surface area contributed by atoms with E-state index in [1.54, 1.807) is 0 Å². The number of hydrogen-bond acceptors (Lipinski definition) is 5. The average Bonchev–Trinajstić information content (AvgIpc) is 2.75. The number of rotatable bonds is 11. The quantitative estimate of drug-likeness (QED) is 0.417. The minimum absolute atomic E-state index is 0.0468. The van der Waals surface area contributed by atoms with Gasteiger partial charge in [0.2, 0.25) is 0 Å². The zero-order valence-electron chi connectivity index (χ0n) is 18.9. The first-order chi connectivity index (χ1) is 16.0. The summed E-state index contributed by atoms with van der Waals surface area (Å²) in [5.74, 6) is -0.561. The number of hydrogen-bond donors (Lipinski definition) is 1. The van der Waals surface area contributed by atoms with E-state index in [0.717, 1.165) is 17.0 Å². The van der Waals surface area contributed by atoms with E-state index in [9.17, 15) is 44.3 Å². The van der Waals surface area contributed by atoms with E-state index >= 15 is 0 Å². The van der Waals surface area contributed by atoms with E-state index in [2.05, 4.69) is 4.74 Å². The van der Waals surface area contributed by atoms with Crippen molar-refractivity contribution in [2.45, 2.75) is 62.0 Å². The molecule has 0 radical (unpaired) electrons. The fourth-order valence-corrected chi connectivity index (χ4v) is 4.70. The molecule has 0 heterocycles. The van der Waals surface area contributed by atoms with Crippen molar-refractivity contribution in [3.05, 3.63) is 53.8 Å². The highest BCUT2D eigenvalue weighted by molar-refractivity contribution is 7.92. The molecule has 1 aromatic rings. The topological polar surface area (TPSA) is 66.8 Å². The highest BCUT2D eigenvalue weighted by Crippen LogP contribution is 2.29. The van der Waals surface area contributed by atoms with Gasteiger partial charge in [0.15, 0.2) is 15.9 Å². The molecule has 2 atom stereocenters. The minimum Gasteiger partial charge on any atom is -0.428 e. The molecule has 13 heteroatoms. The third kappa shape index (κ3) is 7.86. The average molecular weight is 534 g/mol. The largest absolute Gasteiger partial charge is 0.461 e. The highest BCUT2D eigenvalue weighted by Gasteiger charge is 2.44. The summed E-state index contributed by atoms with van der Waals surface area (Å²) in [6.07, 6.45) is -12.1. The molecule has 5 nitrogen and oxygen atoms in total. The van der Waals surface area contributed by atoms with Gasteiger partial charge in [-0.25, -0.2) is 8.42 Å². The molecule has 2 unspecified atom stereocenters. The Kier molecular flexibility index (Phi) is 9.26. The molecule has 1 aliphatic carbocycles. The normalized spacial score (nSPS) is 18.1. The Hall–Kier alpha value is -2.28. The molecule has 1 aromatic carbocycles. The molecule has 0 spiro atoms. The fourth-order valence-electron chi connectivity index (χ4n) is 3.29. The first-order valence-electron chi connectivity index (χ1n) is 10.6. The van der Waals surface area contributed by atoms with E-state index in [4.69, 9.17) is 0 Å². The van der Waals surface area contributed by atoms with E-state index in [1.165, 1.54) is 44.2 Å². The molecule has 0 saturated heterocycles. The first-order valence-corrected chi connectivity index (χ1v) is 12.2. The Balaban J connectivity index is 2.27. The molecule has 0 aromatic heterocycles. The predicted octanol–water partition coefficient (Wildman–Crippen LogP) is 4.73. The zero-order chi connectivity index (χ0) is 26.6. The van der Waals surface area contributed by atoms with Gasteiger partial charge < -0.3 is 14.7 Å². The van der Waals surface area contributed by atoms with Gasteiger partial charge in [-0.05, 0) is 56.5 Å². The number of aliphatic hydroxyl groups excluding tert-OH is 1. The summed E-state index contributed by atoms with van der Waals surface area (Å²) in [5, 5.41) is 7.92. The standard InChI is InChI=1S/C22H26F7NO4S/c1-14(2)35(32,33)18-8-4-6-16(12-18)30(13-19(31)21(25,26)27)10-9-15-5-3-7-17(11-15)34-22(28,29)20(23)24/h3-7,11-12,14,18-20,31H,8-10,13H2,1-2H3. The summed E-state index contributed by atoms with van der Waals surface area (Å²) >= 11 is 0. The van der Waals surface area contributed by atoms with Gasteiger partial charge in [0, 0.05) is 12.2 Å². The van der Waals surface area contributed by atoms with Crippen molar-refractivity contribution in [2.24, 2.45) is 0 Å². The lowest BCUT2D eigenvalue weighted by Gasteiger charge is -2.31. The minimum atomic E-state index is -4.94. The first kappa shape index (κ1) is 29.0. The Morgan fingerprint density at radius 1 is 1.17 bits per heavy atom. The molecule has 0 bridgehead atoms. The Morgan fingerprint density at radius 3 is 2.40 bits per heavy atom.